The highest BCUT2D eigenvalue weighted by atomic mass is 35.5. The molecule has 112 valence electrons. The maximum Gasteiger partial charge on any atom is 0.254 e. The normalized spacial score (nSPS) is 16.5. The number of amides is 1. The monoisotopic (exact) mass is 337 g/mol. The first-order chi connectivity index (χ1) is 10.5. The van der Waals surface area contributed by atoms with Crippen LogP contribution in [0.25, 0.3) is 0 Å². The minimum atomic E-state index is -0.739. The van der Waals surface area contributed by atoms with Crippen molar-refractivity contribution in [1.82, 2.24) is 5.32 Å². The first kappa shape index (κ1) is 15.0. The van der Waals surface area contributed by atoms with Crippen LogP contribution in [-0.2, 0) is 6.42 Å². The Kier molecular flexibility index (Phi) is 3.89. The summed E-state index contributed by atoms with van der Waals surface area (Å²) < 4.78 is 13.2. The van der Waals surface area contributed by atoms with E-state index in [2.05, 4.69) is 5.32 Å². The molecule has 1 amide bonds. The second-order valence-corrected chi connectivity index (χ2v) is 5.81. The van der Waals surface area contributed by atoms with Crippen molar-refractivity contribution in [3.8, 4) is 0 Å². The summed E-state index contributed by atoms with van der Waals surface area (Å²) in [6.45, 7) is 0. The number of halogens is 3. The molecule has 6 heteroatoms. The zero-order valence-corrected chi connectivity index (χ0v) is 12.7. The molecular weight excluding hydrogens is 328 g/mol. The summed E-state index contributed by atoms with van der Waals surface area (Å²) in [4.78, 5) is 24.5. The summed E-state index contributed by atoms with van der Waals surface area (Å²) in [6, 6.07) is 7.94. The van der Waals surface area contributed by atoms with Crippen LogP contribution in [0.1, 0.15) is 26.3 Å². The highest BCUT2D eigenvalue weighted by Gasteiger charge is 2.32. The number of hydrogen-bond acceptors (Lipinski definition) is 2. The standard InChI is InChI=1S/C16H10Cl2FNO2/c17-11-2-1-3-12(18)14(11)16(22)20-13-7-8-6-9(19)4-5-10(8)15(13)21/h1-6,13H,7H2,(H,20,22). The van der Waals surface area contributed by atoms with Crippen LogP contribution in [-0.4, -0.2) is 17.7 Å². The fourth-order valence-electron chi connectivity index (χ4n) is 2.53. The van der Waals surface area contributed by atoms with E-state index in [0.29, 0.717) is 11.1 Å². The van der Waals surface area contributed by atoms with Gasteiger partial charge in [0.25, 0.3) is 5.91 Å². The van der Waals surface area contributed by atoms with Crippen LogP contribution >= 0.6 is 23.2 Å². The fourth-order valence-corrected chi connectivity index (χ4v) is 3.10. The SMILES string of the molecule is O=C(NC1Cc2cc(F)ccc2C1=O)c1c(Cl)cccc1Cl. The maximum atomic E-state index is 13.2. The number of carbonyl (C=O) groups is 2. The lowest BCUT2D eigenvalue weighted by molar-refractivity contribution is 0.0868. The molecule has 0 heterocycles. The maximum absolute atomic E-state index is 13.2. The van der Waals surface area contributed by atoms with E-state index in [-0.39, 0.29) is 27.8 Å². The molecular formula is C16H10Cl2FNO2. The lowest BCUT2D eigenvalue weighted by Crippen LogP contribution is -2.39. The number of carbonyl (C=O) groups excluding carboxylic acids is 2. The van der Waals surface area contributed by atoms with Crippen LogP contribution in [0.15, 0.2) is 36.4 Å². The Labute approximate surface area is 136 Å². The molecule has 0 fully saturated rings. The van der Waals surface area contributed by atoms with Gasteiger partial charge < -0.3 is 5.32 Å². The molecule has 0 aliphatic heterocycles. The highest BCUT2D eigenvalue weighted by Crippen LogP contribution is 2.26. The molecule has 3 nitrogen and oxygen atoms in total. The first-order valence-corrected chi connectivity index (χ1v) is 7.30. The molecule has 0 aromatic heterocycles. The number of Topliss-reactive ketones (excluding diaryl/α,β-unsaturated/α-hetero) is 1. The largest absolute Gasteiger partial charge is 0.341 e. The molecule has 3 rings (SSSR count). The lowest BCUT2D eigenvalue weighted by Gasteiger charge is -2.12. The third-order valence-electron chi connectivity index (χ3n) is 3.57. The first-order valence-electron chi connectivity index (χ1n) is 6.55. The Morgan fingerprint density at radius 3 is 2.55 bits per heavy atom. The molecule has 0 spiro atoms. The number of rotatable bonds is 2. The van der Waals surface area contributed by atoms with Crippen LogP contribution in [0.5, 0.6) is 0 Å². The van der Waals surface area contributed by atoms with Crippen molar-refractivity contribution >= 4 is 34.9 Å². The summed E-state index contributed by atoms with van der Waals surface area (Å²) in [5, 5.41) is 3.03. The zero-order chi connectivity index (χ0) is 15.9. The van der Waals surface area contributed by atoms with E-state index in [1.54, 1.807) is 18.2 Å². The molecule has 1 aliphatic rings. The Hall–Kier alpha value is -1.91. The summed E-state index contributed by atoms with van der Waals surface area (Å²) in [5.74, 6) is -1.18. The van der Waals surface area contributed by atoms with Gasteiger partial charge in [-0.2, -0.15) is 0 Å². The molecule has 22 heavy (non-hydrogen) atoms. The van der Waals surface area contributed by atoms with Gasteiger partial charge in [0.05, 0.1) is 21.7 Å². The smallest absolute Gasteiger partial charge is 0.254 e. The number of ketones is 1. The van der Waals surface area contributed by atoms with Gasteiger partial charge in [-0.1, -0.05) is 29.3 Å². The number of benzene rings is 2. The van der Waals surface area contributed by atoms with Crippen LogP contribution < -0.4 is 5.32 Å². The van der Waals surface area contributed by atoms with Gasteiger partial charge in [-0.25, -0.2) is 4.39 Å². The molecule has 2 aromatic rings. The van der Waals surface area contributed by atoms with Crippen LogP contribution in [0, 0.1) is 5.82 Å². The zero-order valence-electron chi connectivity index (χ0n) is 11.2. The molecule has 1 aliphatic carbocycles. The minimum Gasteiger partial charge on any atom is -0.341 e. The quantitative estimate of drug-likeness (QED) is 0.908. The fraction of sp³-hybridized carbons (Fsp3) is 0.125. The van der Waals surface area contributed by atoms with Crippen molar-refractivity contribution in [2.45, 2.75) is 12.5 Å². The van der Waals surface area contributed by atoms with E-state index in [1.165, 1.54) is 18.2 Å². The summed E-state index contributed by atoms with van der Waals surface area (Å²) in [7, 11) is 0. The molecule has 1 unspecified atom stereocenters. The number of fused-ring (bicyclic) bond motifs is 1. The van der Waals surface area contributed by atoms with Gasteiger partial charge in [0.2, 0.25) is 0 Å². The molecule has 0 saturated heterocycles. The highest BCUT2D eigenvalue weighted by molar-refractivity contribution is 6.39. The average Bonchev–Trinajstić information content (AvgIpc) is 2.74. The Morgan fingerprint density at radius 2 is 1.86 bits per heavy atom. The number of nitrogens with one attached hydrogen (secondary N) is 1. The average molecular weight is 338 g/mol. The van der Waals surface area contributed by atoms with E-state index in [4.69, 9.17) is 23.2 Å². The Balaban J connectivity index is 1.83. The van der Waals surface area contributed by atoms with E-state index in [9.17, 15) is 14.0 Å². The third kappa shape index (κ3) is 2.60. The summed E-state index contributed by atoms with van der Waals surface area (Å²) >= 11 is 12.0. The van der Waals surface area contributed by atoms with Crippen molar-refractivity contribution in [2.75, 3.05) is 0 Å². The lowest BCUT2D eigenvalue weighted by atomic mass is 10.1. The molecule has 1 N–H and O–H groups in total. The predicted octanol–water partition coefficient (Wildman–Crippen LogP) is 3.67. The van der Waals surface area contributed by atoms with Gasteiger partial charge in [0.15, 0.2) is 5.78 Å². The van der Waals surface area contributed by atoms with Gasteiger partial charge in [0.1, 0.15) is 5.82 Å². The van der Waals surface area contributed by atoms with Gasteiger partial charge in [-0.3, -0.25) is 9.59 Å². The van der Waals surface area contributed by atoms with E-state index in [1.807, 2.05) is 0 Å². The van der Waals surface area contributed by atoms with Crippen LogP contribution in [0.3, 0.4) is 0 Å². The van der Waals surface area contributed by atoms with Gasteiger partial charge in [-0.05, 0) is 35.9 Å². The van der Waals surface area contributed by atoms with E-state index < -0.39 is 17.8 Å². The topological polar surface area (TPSA) is 46.2 Å². The van der Waals surface area contributed by atoms with Crippen molar-refractivity contribution in [2.24, 2.45) is 0 Å². The molecule has 1 atom stereocenters. The minimum absolute atomic E-state index is 0.126. The molecule has 0 radical (unpaired) electrons. The van der Waals surface area contributed by atoms with Crippen LogP contribution in [0.4, 0.5) is 4.39 Å². The number of hydrogen-bond donors (Lipinski definition) is 1. The van der Waals surface area contributed by atoms with Gasteiger partial charge in [-0.15, -0.1) is 0 Å². The Morgan fingerprint density at radius 1 is 1.18 bits per heavy atom. The van der Waals surface area contributed by atoms with Gasteiger partial charge in [0, 0.05) is 12.0 Å². The van der Waals surface area contributed by atoms with Crippen molar-refractivity contribution in [1.29, 1.82) is 0 Å². The van der Waals surface area contributed by atoms with E-state index >= 15 is 0 Å². The second-order valence-electron chi connectivity index (χ2n) is 4.99. The third-order valence-corrected chi connectivity index (χ3v) is 4.20. The Bertz CT molecular complexity index is 771. The van der Waals surface area contributed by atoms with Gasteiger partial charge >= 0.3 is 0 Å². The second kappa shape index (κ2) is 5.71. The van der Waals surface area contributed by atoms with Crippen molar-refractivity contribution in [3.05, 3.63) is 69.0 Å². The summed E-state index contributed by atoms with van der Waals surface area (Å²) in [6.07, 6.45) is 0.250. The molecule has 0 bridgehead atoms. The molecule has 0 saturated carbocycles. The molecule has 2 aromatic carbocycles. The van der Waals surface area contributed by atoms with E-state index in [0.717, 1.165) is 0 Å². The van der Waals surface area contributed by atoms with Crippen molar-refractivity contribution in [3.63, 3.8) is 0 Å². The predicted molar refractivity (Wildman–Crippen MR) is 82.2 cm³/mol. The van der Waals surface area contributed by atoms with Crippen molar-refractivity contribution < 1.29 is 14.0 Å². The summed E-state index contributed by atoms with van der Waals surface area (Å²) in [5.41, 5.74) is 1.14. The van der Waals surface area contributed by atoms with Crippen LogP contribution in [0.2, 0.25) is 10.0 Å².